The molecule has 0 aliphatic rings. The zero-order valence-corrected chi connectivity index (χ0v) is 21.7. The van der Waals surface area contributed by atoms with Crippen molar-refractivity contribution in [2.24, 2.45) is 5.10 Å². The van der Waals surface area contributed by atoms with Gasteiger partial charge < -0.3 is 14.8 Å². The molecule has 38 heavy (non-hydrogen) atoms. The van der Waals surface area contributed by atoms with E-state index in [1.807, 2.05) is 13.8 Å². The van der Waals surface area contributed by atoms with Crippen molar-refractivity contribution >= 4 is 41.0 Å². The fraction of sp³-hybridized carbons (Fsp3) is 0.222. The number of anilines is 1. The number of amides is 2. The first kappa shape index (κ1) is 28.1. The summed E-state index contributed by atoms with van der Waals surface area (Å²) in [4.78, 5) is 34.5. The minimum atomic E-state index is -0.458. The number of nitro groups is 1. The third kappa shape index (κ3) is 8.59. The third-order valence-corrected chi connectivity index (χ3v) is 5.65. The smallest absolute Gasteiger partial charge is 0.269 e. The van der Waals surface area contributed by atoms with Crippen LogP contribution >= 0.6 is 11.6 Å². The molecule has 0 atom stereocenters. The molecule has 0 aliphatic heterocycles. The van der Waals surface area contributed by atoms with Gasteiger partial charge in [-0.05, 0) is 73.0 Å². The Balaban J connectivity index is 1.49. The van der Waals surface area contributed by atoms with Crippen LogP contribution in [-0.4, -0.2) is 29.6 Å². The van der Waals surface area contributed by atoms with Gasteiger partial charge in [0.05, 0.1) is 17.7 Å². The van der Waals surface area contributed by atoms with Crippen molar-refractivity contribution in [1.82, 2.24) is 5.43 Å². The molecule has 0 aliphatic carbocycles. The maximum atomic E-state index is 12.1. The van der Waals surface area contributed by atoms with E-state index in [1.54, 1.807) is 48.5 Å². The van der Waals surface area contributed by atoms with Crippen LogP contribution in [0, 0.1) is 17.0 Å². The second-order valence-electron chi connectivity index (χ2n) is 8.16. The van der Waals surface area contributed by atoms with Crippen molar-refractivity contribution in [2.45, 2.75) is 33.3 Å². The van der Waals surface area contributed by atoms with E-state index in [4.69, 9.17) is 21.1 Å². The highest BCUT2D eigenvalue weighted by Gasteiger charge is 2.10. The highest BCUT2D eigenvalue weighted by atomic mass is 35.5. The molecule has 2 N–H and O–H groups in total. The number of non-ortho nitro benzene ring substituents is 1. The average molecular weight is 539 g/mol. The van der Waals surface area contributed by atoms with Gasteiger partial charge in [0, 0.05) is 35.7 Å². The van der Waals surface area contributed by atoms with Gasteiger partial charge in [-0.1, -0.05) is 17.7 Å². The lowest BCUT2D eigenvalue weighted by atomic mass is 10.2. The summed E-state index contributed by atoms with van der Waals surface area (Å²) in [6.45, 7) is 4.31. The molecule has 0 spiro atoms. The molecular weight excluding hydrogens is 512 g/mol. The van der Waals surface area contributed by atoms with Crippen molar-refractivity contribution < 1.29 is 24.0 Å². The quantitative estimate of drug-likeness (QED) is 0.180. The van der Waals surface area contributed by atoms with Gasteiger partial charge in [0.2, 0.25) is 11.8 Å². The maximum Gasteiger partial charge on any atom is 0.269 e. The van der Waals surface area contributed by atoms with Crippen LogP contribution in [0.4, 0.5) is 11.4 Å². The number of carbonyl (C=O) groups excluding carboxylic acids is 2. The number of rotatable bonds is 12. The molecule has 0 heterocycles. The molecule has 0 saturated heterocycles. The van der Waals surface area contributed by atoms with Crippen molar-refractivity contribution in [3.05, 3.63) is 92.5 Å². The van der Waals surface area contributed by atoms with Crippen molar-refractivity contribution in [3.63, 3.8) is 0 Å². The van der Waals surface area contributed by atoms with E-state index in [0.29, 0.717) is 34.4 Å². The highest BCUT2D eigenvalue weighted by Crippen LogP contribution is 2.29. The molecule has 10 nitrogen and oxygen atoms in total. The SMILES string of the molecule is CCOc1cc(C=NNC(=O)CCC(=O)Nc2ccc(C)c(Cl)c2)ccc1OCc1ccc([N+](=O)[O-])cc1. The first-order valence-corrected chi connectivity index (χ1v) is 12.1. The van der Waals surface area contributed by atoms with E-state index in [-0.39, 0.29) is 31.0 Å². The van der Waals surface area contributed by atoms with Gasteiger partial charge in [0.15, 0.2) is 11.5 Å². The molecule has 11 heteroatoms. The Morgan fingerprint density at radius 2 is 1.74 bits per heavy atom. The molecule has 0 radical (unpaired) electrons. The zero-order chi connectivity index (χ0) is 27.5. The van der Waals surface area contributed by atoms with Gasteiger partial charge in [-0.25, -0.2) is 5.43 Å². The van der Waals surface area contributed by atoms with E-state index >= 15 is 0 Å². The Morgan fingerprint density at radius 3 is 2.42 bits per heavy atom. The average Bonchev–Trinajstić information content (AvgIpc) is 2.89. The summed E-state index contributed by atoms with van der Waals surface area (Å²) < 4.78 is 11.5. The minimum Gasteiger partial charge on any atom is -0.490 e. The number of hydrazone groups is 1. The van der Waals surface area contributed by atoms with Crippen LogP contribution in [0.3, 0.4) is 0 Å². The molecule has 3 aromatic carbocycles. The Hall–Kier alpha value is -4.44. The number of nitro benzene ring substituents is 1. The van der Waals surface area contributed by atoms with Crippen LogP contribution in [0.2, 0.25) is 5.02 Å². The molecule has 198 valence electrons. The first-order chi connectivity index (χ1) is 18.2. The minimum absolute atomic E-state index is 0.00959. The third-order valence-electron chi connectivity index (χ3n) is 5.25. The number of hydrogen-bond donors (Lipinski definition) is 2. The van der Waals surface area contributed by atoms with E-state index in [0.717, 1.165) is 11.1 Å². The first-order valence-electron chi connectivity index (χ1n) is 11.8. The zero-order valence-electron chi connectivity index (χ0n) is 20.9. The van der Waals surface area contributed by atoms with Crippen molar-refractivity contribution in [2.75, 3.05) is 11.9 Å². The molecule has 0 unspecified atom stereocenters. The summed E-state index contributed by atoms with van der Waals surface area (Å²) >= 11 is 6.06. The summed E-state index contributed by atoms with van der Waals surface area (Å²) in [7, 11) is 0. The van der Waals surface area contributed by atoms with E-state index in [1.165, 1.54) is 18.3 Å². The maximum absolute atomic E-state index is 12.1. The summed E-state index contributed by atoms with van der Waals surface area (Å²) in [5.74, 6) is 0.256. The normalized spacial score (nSPS) is 10.7. The Kier molecular flexibility index (Phi) is 10.2. The monoisotopic (exact) mass is 538 g/mol. The number of nitrogens with zero attached hydrogens (tertiary/aromatic N) is 2. The molecule has 2 amide bonds. The topological polar surface area (TPSA) is 132 Å². The predicted molar refractivity (Wildman–Crippen MR) is 145 cm³/mol. The highest BCUT2D eigenvalue weighted by molar-refractivity contribution is 6.31. The fourth-order valence-corrected chi connectivity index (χ4v) is 3.40. The van der Waals surface area contributed by atoms with Gasteiger partial charge in [0.25, 0.3) is 5.69 Å². The fourth-order valence-electron chi connectivity index (χ4n) is 3.22. The second kappa shape index (κ2) is 13.8. The predicted octanol–water partition coefficient (Wildman–Crippen LogP) is 5.40. The number of hydrogen-bond acceptors (Lipinski definition) is 7. The second-order valence-corrected chi connectivity index (χ2v) is 8.56. The number of nitrogens with one attached hydrogen (secondary N) is 2. The number of benzene rings is 3. The summed E-state index contributed by atoms with van der Waals surface area (Å²) in [5, 5.41) is 18.0. The van der Waals surface area contributed by atoms with Crippen LogP contribution < -0.4 is 20.2 Å². The Morgan fingerprint density at radius 1 is 1.00 bits per heavy atom. The summed E-state index contributed by atoms with van der Waals surface area (Å²) in [6, 6.07) is 16.5. The van der Waals surface area contributed by atoms with Crippen molar-refractivity contribution in [1.29, 1.82) is 0 Å². The van der Waals surface area contributed by atoms with E-state index in [9.17, 15) is 19.7 Å². The number of carbonyl (C=O) groups is 2. The van der Waals surface area contributed by atoms with Gasteiger partial charge in [-0.15, -0.1) is 0 Å². The van der Waals surface area contributed by atoms with Crippen LogP contribution in [0.1, 0.15) is 36.5 Å². The standard InChI is InChI=1S/C27H27ClN4O6/c1-3-37-25-14-20(7-11-24(25)38-17-19-5-9-22(10-6-19)32(35)36)16-29-31-27(34)13-12-26(33)30-21-8-4-18(2)23(28)15-21/h4-11,14-16H,3,12-13,17H2,1-2H3,(H,30,33)(H,31,34). The van der Waals surface area contributed by atoms with Crippen LogP contribution in [0.25, 0.3) is 0 Å². The lowest BCUT2D eigenvalue weighted by Gasteiger charge is -2.12. The number of ether oxygens (including phenoxy) is 2. The van der Waals surface area contributed by atoms with Crippen molar-refractivity contribution in [3.8, 4) is 11.5 Å². The van der Waals surface area contributed by atoms with Gasteiger partial charge >= 0.3 is 0 Å². The van der Waals surface area contributed by atoms with Gasteiger partial charge in [-0.2, -0.15) is 5.10 Å². The largest absolute Gasteiger partial charge is 0.490 e. The molecular formula is C27H27ClN4O6. The van der Waals surface area contributed by atoms with Crippen LogP contribution in [0.5, 0.6) is 11.5 Å². The number of aryl methyl sites for hydroxylation is 1. The van der Waals surface area contributed by atoms with E-state index < -0.39 is 10.8 Å². The van der Waals surface area contributed by atoms with Gasteiger partial charge in [-0.3, -0.25) is 19.7 Å². The van der Waals surface area contributed by atoms with Crippen LogP contribution in [0.15, 0.2) is 65.8 Å². The molecule has 3 rings (SSSR count). The molecule has 0 saturated carbocycles. The Labute approximate surface area is 224 Å². The lowest BCUT2D eigenvalue weighted by Crippen LogP contribution is -2.20. The molecule has 3 aromatic rings. The van der Waals surface area contributed by atoms with Gasteiger partial charge in [0.1, 0.15) is 6.61 Å². The Bertz CT molecular complexity index is 1330. The lowest BCUT2D eigenvalue weighted by molar-refractivity contribution is -0.384. The molecule has 0 bridgehead atoms. The van der Waals surface area contributed by atoms with Crippen LogP contribution in [-0.2, 0) is 16.2 Å². The molecule has 0 fully saturated rings. The summed E-state index contributed by atoms with van der Waals surface area (Å²) in [6.07, 6.45) is 1.40. The summed E-state index contributed by atoms with van der Waals surface area (Å²) in [5.41, 5.74) is 5.30. The van der Waals surface area contributed by atoms with E-state index in [2.05, 4.69) is 15.8 Å². The molecule has 0 aromatic heterocycles. The number of halogens is 1.